The maximum Gasteiger partial charge on any atom is 0.413 e. The first-order valence-electron chi connectivity index (χ1n) is 9.58. The summed E-state index contributed by atoms with van der Waals surface area (Å²) < 4.78 is 43.4. The summed E-state index contributed by atoms with van der Waals surface area (Å²) in [6.45, 7) is 1.46. The molecule has 1 fully saturated rings. The van der Waals surface area contributed by atoms with E-state index in [1.54, 1.807) is 36.4 Å². The van der Waals surface area contributed by atoms with Crippen LogP contribution in [-0.2, 0) is 14.8 Å². The summed E-state index contributed by atoms with van der Waals surface area (Å²) in [6, 6.07) is 11.9. The molecule has 0 spiro atoms. The number of sulfonamides is 1. The maximum atomic E-state index is 12.8. The third-order valence-corrected chi connectivity index (χ3v) is 7.11. The van der Waals surface area contributed by atoms with Gasteiger partial charge in [-0.3, -0.25) is 4.90 Å². The van der Waals surface area contributed by atoms with Crippen LogP contribution in [0.1, 0.15) is 0 Å². The molecular formula is C21H22N2O7S. The number of fused-ring (bicyclic) bond motifs is 1. The number of hydrogen-bond donors (Lipinski definition) is 1. The lowest BCUT2D eigenvalue weighted by molar-refractivity contribution is 0.0730. The zero-order valence-corrected chi connectivity index (χ0v) is 17.9. The Hall–Kier alpha value is -3.08. The van der Waals surface area contributed by atoms with Gasteiger partial charge in [0.15, 0.2) is 11.3 Å². The van der Waals surface area contributed by atoms with E-state index in [9.17, 15) is 18.3 Å². The molecule has 1 amide bonds. The predicted molar refractivity (Wildman–Crippen MR) is 114 cm³/mol. The SMILES string of the molecule is COc1cc(-c2ccc(S(=O)(=O)N3CCOCC3)cc2)cc2cc(N(C)C(=O)O)oc12. The van der Waals surface area contributed by atoms with Crippen molar-refractivity contribution in [3.05, 3.63) is 42.5 Å². The molecular weight excluding hydrogens is 424 g/mol. The summed E-state index contributed by atoms with van der Waals surface area (Å²) in [5, 5.41) is 9.85. The number of methoxy groups -OCH3 is 1. The van der Waals surface area contributed by atoms with Crippen LogP contribution in [0.2, 0.25) is 0 Å². The van der Waals surface area contributed by atoms with E-state index in [-0.39, 0.29) is 10.8 Å². The van der Waals surface area contributed by atoms with Crippen molar-refractivity contribution in [1.82, 2.24) is 4.31 Å². The van der Waals surface area contributed by atoms with Crippen molar-refractivity contribution in [2.45, 2.75) is 4.90 Å². The van der Waals surface area contributed by atoms with E-state index >= 15 is 0 Å². The van der Waals surface area contributed by atoms with Crippen LogP contribution in [0.15, 0.2) is 51.8 Å². The number of morpholine rings is 1. The van der Waals surface area contributed by atoms with Gasteiger partial charge in [-0.25, -0.2) is 13.2 Å². The molecule has 1 aliphatic rings. The monoisotopic (exact) mass is 446 g/mol. The summed E-state index contributed by atoms with van der Waals surface area (Å²) in [6.07, 6.45) is -1.14. The number of amides is 1. The third kappa shape index (κ3) is 3.97. The second-order valence-corrected chi connectivity index (χ2v) is 9.00. The van der Waals surface area contributed by atoms with Crippen molar-refractivity contribution >= 4 is 33.0 Å². The van der Waals surface area contributed by atoms with Crippen molar-refractivity contribution in [1.29, 1.82) is 0 Å². The number of anilines is 1. The summed E-state index contributed by atoms with van der Waals surface area (Å²) in [5.41, 5.74) is 2.00. The van der Waals surface area contributed by atoms with Gasteiger partial charge in [0.25, 0.3) is 0 Å². The number of carbonyl (C=O) groups is 1. The first-order chi connectivity index (χ1) is 14.8. The van der Waals surface area contributed by atoms with Crippen molar-refractivity contribution in [3.8, 4) is 16.9 Å². The number of furan rings is 1. The van der Waals surface area contributed by atoms with Crippen LogP contribution in [0.25, 0.3) is 22.1 Å². The molecule has 1 aromatic heterocycles. The van der Waals surface area contributed by atoms with E-state index in [0.717, 1.165) is 16.0 Å². The van der Waals surface area contributed by atoms with E-state index in [4.69, 9.17) is 13.9 Å². The highest BCUT2D eigenvalue weighted by atomic mass is 32.2. The summed E-state index contributed by atoms with van der Waals surface area (Å²) in [4.78, 5) is 12.4. The largest absolute Gasteiger partial charge is 0.493 e. The minimum atomic E-state index is -3.57. The molecule has 4 rings (SSSR count). The molecule has 0 bridgehead atoms. The zero-order valence-electron chi connectivity index (χ0n) is 17.1. The van der Waals surface area contributed by atoms with Gasteiger partial charge in [-0.15, -0.1) is 0 Å². The Morgan fingerprint density at radius 2 is 1.77 bits per heavy atom. The first-order valence-corrected chi connectivity index (χ1v) is 11.0. The van der Waals surface area contributed by atoms with Crippen molar-refractivity contribution < 1.29 is 32.2 Å². The van der Waals surface area contributed by atoms with Gasteiger partial charge in [0, 0.05) is 31.6 Å². The molecule has 0 atom stereocenters. The highest BCUT2D eigenvalue weighted by Gasteiger charge is 2.26. The molecule has 1 saturated heterocycles. The molecule has 1 aliphatic heterocycles. The van der Waals surface area contributed by atoms with Crippen LogP contribution in [0, 0.1) is 0 Å². The normalized spacial score (nSPS) is 15.2. The molecule has 10 heteroatoms. The van der Waals surface area contributed by atoms with Crippen LogP contribution < -0.4 is 9.64 Å². The van der Waals surface area contributed by atoms with Crippen molar-refractivity contribution in [3.63, 3.8) is 0 Å². The predicted octanol–water partition coefficient (Wildman–Crippen LogP) is 3.24. The highest BCUT2D eigenvalue weighted by molar-refractivity contribution is 7.89. The highest BCUT2D eigenvalue weighted by Crippen LogP contribution is 2.37. The van der Waals surface area contributed by atoms with Crippen LogP contribution in [-0.4, -0.2) is 64.4 Å². The number of benzene rings is 2. The molecule has 0 unspecified atom stereocenters. The molecule has 0 aliphatic carbocycles. The third-order valence-electron chi connectivity index (χ3n) is 5.20. The average Bonchev–Trinajstić information content (AvgIpc) is 3.22. The van der Waals surface area contributed by atoms with Gasteiger partial charge in [-0.2, -0.15) is 4.31 Å². The van der Waals surface area contributed by atoms with Crippen LogP contribution in [0.3, 0.4) is 0 Å². The fourth-order valence-electron chi connectivity index (χ4n) is 3.44. The lowest BCUT2D eigenvalue weighted by Crippen LogP contribution is -2.40. The fourth-order valence-corrected chi connectivity index (χ4v) is 4.85. The van der Waals surface area contributed by atoms with Gasteiger partial charge < -0.3 is 19.0 Å². The van der Waals surface area contributed by atoms with Gasteiger partial charge in [0.05, 0.1) is 25.2 Å². The number of ether oxygens (including phenoxy) is 2. The Kier molecular flexibility index (Phi) is 5.61. The Labute approximate surface area is 179 Å². The van der Waals surface area contributed by atoms with Crippen molar-refractivity contribution in [2.24, 2.45) is 0 Å². The lowest BCUT2D eigenvalue weighted by atomic mass is 10.0. The van der Waals surface area contributed by atoms with Gasteiger partial charge in [0.2, 0.25) is 15.9 Å². The van der Waals surface area contributed by atoms with E-state index < -0.39 is 16.1 Å². The minimum absolute atomic E-state index is 0.171. The van der Waals surface area contributed by atoms with Gasteiger partial charge in [-0.1, -0.05) is 12.1 Å². The Morgan fingerprint density at radius 1 is 1.10 bits per heavy atom. The first kappa shape index (κ1) is 21.2. The molecule has 1 N–H and O–H groups in total. The minimum Gasteiger partial charge on any atom is -0.493 e. The fraction of sp³-hybridized carbons (Fsp3) is 0.286. The Bertz CT molecular complexity index is 1210. The summed E-state index contributed by atoms with van der Waals surface area (Å²) >= 11 is 0. The molecule has 0 saturated carbocycles. The van der Waals surface area contributed by atoms with E-state index in [1.807, 2.05) is 6.07 Å². The number of nitrogens with zero attached hydrogens (tertiary/aromatic N) is 2. The topological polar surface area (TPSA) is 110 Å². The summed E-state index contributed by atoms with van der Waals surface area (Å²) in [5.74, 6) is 0.618. The molecule has 31 heavy (non-hydrogen) atoms. The second-order valence-electron chi connectivity index (χ2n) is 7.06. The van der Waals surface area contributed by atoms with E-state index in [1.165, 1.54) is 18.5 Å². The summed E-state index contributed by atoms with van der Waals surface area (Å²) in [7, 11) is -0.681. The van der Waals surface area contributed by atoms with Gasteiger partial charge >= 0.3 is 6.09 Å². The maximum absolute atomic E-state index is 12.8. The molecule has 9 nitrogen and oxygen atoms in total. The van der Waals surface area contributed by atoms with E-state index in [0.29, 0.717) is 43.0 Å². The lowest BCUT2D eigenvalue weighted by Gasteiger charge is -2.26. The standard InChI is InChI=1S/C21H22N2O7S/c1-22(21(24)25)19-13-16-11-15(12-18(28-2)20(16)30-19)14-3-5-17(6-4-14)31(26,27)23-7-9-29-10-8-23/h3-6,11-13H,7-10H2,1-2H3,(H,24,25). The number of carboxylic acid groups (broad SMARTS) is 1. The van der Waals surface area contributed by atoms with Gasteiger partial charge in [0.1, 0.15) is 0 Å². The van der Waals surface area contributed by atoms with E-state index in [2.05, 4.69) is 0 Å². The number of hydrogen-bond acceptors (Lipinski definition) is 6. The quantitative estimate of drug-likeness (QED) is 0.641. The zero-order chi connectivity index (χ0) is 22.2. The Morgan fingerprint density at radius 3 is 2.39 bits per heavy atom. The average molecular weight is 446 g/mol. The smallest absolute Gasteiger partial charge is 0.413 e. The second kappa shape index (κ2) is 8.22. The number of rotatable bonds is 5. The van der Waals surface area contributed by atoms with Crippen LogP contribution in [0.5, 0.6) is 5.75 Å². The Balaban J connectivity index is 1.69. The molecule has 2 heterocycles. The molecule has 3 aromatic rings. The molecule has 0 radical (unpaired) electrons. The van der Waals surface area contributed by atoms with Crippen LogP contribution >= 0.6 is 0 Å². The molecule has 2 aromatic carbocycles. The van der Waals surface area contributed by atoms with Crippen LogP contribution in [0.4, 0.5) is 10.7 Å². The van der Waals surface area contributed by atoms with Crippen molar-refractivity contribution in [2.75, 3.05) is 45.4 Å². The molecule has 164 valence electrons. The van der Waals surface area contributed by atoms with Gasteiger partial charge in [-0.05, 0) is 35.4 Å².